The van der Waals surface area contributed by atoms with E-state index in [4.69, 9.17) is 9.15 Å². The molecular formula is C16H25NO4. The number of aryl methyl sites for hydroxylation is 1. The van der Waals surface area contributed by atoms with Gasteiger partial charge in [-0.1, -0.05) is 20.8 Å². The molecule has 0 bridgehead atoms. The van der Waals surface area contributed by atoms with Crippen LogP contribution >= 0.6 is 0 Å². The molecule has 1 heterocycles. The standard InChI is InChI=1S/C16H25NO4/c1-7-11-8-9-12(20-11)14(18)17-13(10(2)3)15(19)21-16(4,5)6/h8-10,13H,7H2,1-6H3,(H,17,18)/t13-/m0/s1. The first kappa shape index (κ1) is 17.3. The first-order valence-corrected chi connectivity index (χ1v) is 7.26. The summed E-state index contributed by atoms with van der Waals surface area (Å²) in [6.45, 7) is 11.0. The zero-order chi connectivity index (χ0) is 16.2. The maximum atomic E-state index is 12.2. The fourth-order valence-corrected chi connectivity index (χ4v) is 1.77. The summed E-state index contributed by atoms with van der Waals surface area (Å²) in [5, 5.41) is 2.69. The van der Waals surface area contributed by atoms with Crippen LogP contribution in [0.2, 0.25) is 0 Å². The van der Waals surface area contributed by atoms with Gasteiger partial charge < -0.3 is 14.5 Å². The maximum Gasteiger partial charge on any atom is 0.329 e. The lowest BCUT2D eigenvalue weighted by molar-refractivity contribution is -0.158. The molecule has 1 amide bonds. The van der Waals surface area contributed by atoms with Crippen LogP contribution in [0.4, 0.5) is 0 Å². The van der Waals surface area contributed by atoms with Gasteiger partial charge in [0.2, 0.25) is 0 Å². The van der Waals surface area contributed by atoms with Gasteiger partial charge in [0, 0.05) is 6.42 Å². The van der Waals surface area contributed by atoms with Gasteiger partial charge in [-0.25, -0.2) is 4.79 Å². The molecule has 0 saturated heterocycles. The fraction of sp³-hybridized carbons (Fsp3) is 0.625. The summed E-state index contributed by atoms with van der Waals surface area (Å²) in [5.74, 6) is 0.0244. The zero-order valence-electron chi connectivity index (χ0n) is 13.6. The van der Waals surface area contributed by atoms with Crippen molar-refractivity contribution in [1.82, 2.24) is 5.32 Å². The van der Waals surface area contributed by atoms with Crippen LogP contribution in [0.5, 0.6) is 0 Å². The minimum atomic E-state index is -0.702. The topological polar surface area (TPSA) is 68.5 Å². The second-order valence-corrected chi connectivity index (χ2v) is 6.35. The van der Waals surface area contributed by atoms with E-state index >= 15 is 0 Å². The smallest absolute Gasteiger partial charge is 0.329 e. The molecule has 0 saturated carbocycles. The van der Waals surface area contributed by atoms with Crippen molar-refractivity contribution in [2.24, 2.45) is 5.92 Å². The summed E-state index contributed by atoms with van der Waals surface area (Å²) >= 11 is 0. The first-order chi connectivity index (χ1) is 9.64. The third-order valence-corrected chi connectivity index (χ3v) is 2.85. The Kier molecular flexibility index (Phi) is 5.58. The molecule has 1 N–H and O–H groups in total. The molecule has 0 aliphatic carbocycles. The van der Waals surface area contributed by atoms with Crippen molar-refractivity contribution in [2.75, 3.05) is 0 Å². The number of furan rings is 1. The Labute approximate surface area is 126 Å². The molecule has 0 fully saturated rings. The summed E-state index contributed by atoms with van der Waals surface area (Å²) in [6.07, 6.45) is 0.715. The normalized spacial score (nSPS) is 13.1. The molecule has 5 nitrogen and oxygen atoms in total. The van der Waals surface area contributed by atoms with E-state index in [0.717, 1.165) is 5.76 Å². The van der Waals surface area contributed by atoms with Gasteiger partial charge in [-0.2, -0.15) is 0 Å². The van der Waals surface area contributed by atoms with Crippen molar-refractivity contribution >= 4 is 11.9 Å². The molecule has 1 rings (SSSR count). The second kappa shape index (κ2) is 6.78. The van der Waals surface area contributed by atoms with Gasteiger partial charge in [0.15, 0.2) is 5.76 Å². The lowest BCUT2D eigenvalue weighted by Crippen LogP contribution is -2.47. The highest BCUT2D eigenvalue weighted by Crippen LogP contribution is 2.14. The van der Waals surface area contributed by atoms with Crippen molar-refractivity contribution in [3.05, 3.63) is 23.7 Å². The first-order valence-electron chi connectivity index (χ1n) is 7.26. The monoisotopic (exact) mass is 295 g/mol. The molecule has 1 atom stereocenters. The molecule has 118 valence electrons. The SMILES string of the molecule is CCc1ccc(C(=O)N[C@H](C(=O)OC(C)(C)C)C(C)C)o1. The van der Waals surface area contributed by atoms with Gasteiger partial charge in [0.25, 0.3) is 5.91 Å². The van der Waals surface area contributed by atoms with Crippen LogP contribution in [-0.2, 0) is 16.0 Å². The van der Waals surface area contributed by atoms with Crippen molar-refractivity contribution in [3.63, 3.8) is 0 Å². The Bertz CT molecular complexity index is 497. The van der Waals surface area contributed by atoms with E-state index in [0.29, 0.717) is 6.42 Å². The third kappa shape index (κ3) is 5.25. The van der Waals surface area contributed by atoms with Gasteiger partial charge in [-0.05, 0) is 38.8 Å². The average Bonchev–Trinajstić information content (AvgIpc) is 2.81. The molecule has 0 unspecified atom stereocenters. The highest BCUT2D eigenvalue weighted by molar-refractivity contribution is 5.94. The second-order valence-electron chi connectivity index (χ2n) is 6.35. The highest BCUT2D eigenvalue weighted by Gasteiger charge is 2.30. The summed E-state index contributed by atoms with van der Waals surface area (Å²) in [5.41, 5.74) is -0.588. The van der Waals surface area contributed by atoms with Gasteiger partial charge in [0.1, 0.15) is 17.4 Å². The van der Waals surface area contributed by atoms with Gasteiger partial charge in [0.05, 0.1) is 0 Å². The number of hydrogen-bond donors (Lipinski definition) is 1. The predicted octanol–water partition coefficient (Wildman–Crippen LogP) is 2.94. The molecular weight excluding hydrogens is 270 g/mol. The molecule has 5 heteroatoms. The minimum Gasteiger partial charge on any atom is -0.458 e. The summed E-state index contributed by atoms with van der Waals surface area (Å²) in [4.78, 5) is 24.3. The van der Waals surface area contributed by atoms with Crippen LogP contribution < -0.4 is 5.32 Å². The van der Waals surface area contributed by atoms with E-state index in [1.54, 1.807) is 32.9 Å². The van der Waals surface area contributed by atoms with Crippen molar-refractivity contribution in [2.45, 2.75) is 59.6 Å². The highest BCUT2D eigenvalue weighted by atomic mass is 16.6. The lowest BCUT2D eigenvalue weighted by Gasteiger charge is -2.26. The molecule has 0 aliphatic heterocycles. The molecule has 1 aromatic rings. The van der Waals surface area contributed by atoms with Gasteiger partial charge in [-0.3, -0.25) is 4.79 Å². The number of esters is 1. The predicted molar refractivity (Wildman–Crippen MR) is 80.0 cm³/mol. The number of carbonyl (C=O) groups excluding carboxylic acids is 2. The molecule has 0 aliphatic rings. The van der Waals surface area contributed by atoms with Crippen LogP contribution in [-0.4, -0.2) is 23.5 Å². The maximum absolute atomic E-state index is 12.2. The summed E-state index contributed by atoms with van der Waals surface area (Å²) < 4.78 is 10.7. The number of rotatable bonds is 5. The molecule has 21 heavy (non-hydrogen) atoms. The fourth-order valence-electron chi connectivity index (χ4n) is 1.77. The van der Waals surface area contributed by atoms with Gasteiger partial charge in [-0.15, -0.1) is 0 Å². The summed E-state index contributed by atoms with van der Waals surface area (Å²) in [6, 6.07) is 2.67. The third-order valence-electron chi connectivity index (χ3n) is 2.85. The van der Waals surface area contributed by atoms with Crippen molar-refractivity contribution in [3.8, 4) is 0 Å². The molecule has 0 spiro atoms. The van der Waals surface area contributed by atoms with Crippen LogP contribution in [0.15, 0.2) is 16.5 Å². The van der Waals surface area contributed by atoms with E-state index in [9.17, 15) is 9.59 Å². The number of ether oxygens (including phenoxy) is 1. The molecule has 1 aromatic heterocycles. The Balaban J connectivity index is 2.78. The van der Waals surface area contributed by atoms with Crippen LogP contribution in [0.3, 0.4) is 0 Å². The van der Waals surface area contributed by atoms with E-state index in [-0.39, 0.29) is 11.7 Å². The van der Waals surface area contributed by atoms with E-state index in [1.807, 2.05) is 20.8 Å². The average molecular weight is 295 g/mol. The molecule has 0 aromatic carbocycles. The Morgan fingerprint density at radius 2 is 1.90 bits per heavy atom. The summed E-state index contributed by atoms with van der Waals surface area (Å²) in [7, 11) is 0. The number of nitrogens with one attached hydrogen (secondary N) is 1. The quantitative estimate of drug-likeness (QED) is 0.848. The van der Waals surface area contributed by atoms with Crippen LogP contribution in [0.25, 0.3) is 0 Å². The van der Waals surface area contributed by atoms with Crippen molar-refractivity contribution < 1.29 is 18.7 Å². The van der Waals surface area contributed by atoms with E-state index < -0.39 is 23.5 Å². The Hall–Kier alpha value is -1.78. The Morgan fingerprint density at radius 1 is 1.29 bits per heavy atom. The molecule has 0 radical (unpaired) electrons. The van der Waals surface area contributed by atoms with Crippen molar-refractivity contribution in [1.29, 1.82) is 0 Å². The van der Waals surface area contributed by atoms with E-state index in [1.165, 1.54) is 0 Å². The minimum absolute atomic E-state index is 0.0793. The number of amides is 1. The number of hydrogen-bond acceptors (Lipinski definition) is 4. The Morgan fingerprint density at radius 3 is 2.33 bits per heavy atom. The van der Waals surface area contributed by atoms with Crippen LogP contribution in [0.1, 0.15) is 57.9 Å². The van der Waals surface area contributed by atoms with E-state index in [2.05, 4.69) is 5.32 Å². The number of carbonyl (C=O) groups is 2. The van der Waals surface area contributed by atoms with Crippen LogP contribution in [0, 0.1) is 5.92 Å². The zero-order valence-corrected chi connectivity index (χ0v) is 13.6. The lowest BCUT2D eigenvalue weighted by atomic mass is 10.0. The van der Waals surface area contributed by atoms with Gasteiger partial charge >= 0.3 is 5.97 Å². The largest absolute Gasteiger partial charge is 0.458 e.